The third-order valence-corrected chi connectivity index (χ3v) is 17.6. The van der Waals surface area contributed by atoms with Crippen molar-refractivity contribution in [2.45, 2.75) is 65.0 Å². The Morgan fingerprint density at radius 1 is 0.495 bits per heavy atom. The lowest BCUT2D eigenvalue weighted by molar-refractivity contribution is -0.140. The molecule has 0 radical (unpaired) electrons. The molecular weight excluding hydrogens is 1300 g/mol. The molecule has 0 aliphatic rings. The Morgan fingerprint density at radius 2 is 0.901 bits per heavy atom. The number of halogens is 1. The average molecular weight is 1380 g/mol. The van der Waals surface area contributed by atoms with Crippen LogP contribution in [0.25, 0.3) is 102 Å². The molecule has 2 N–H and O–H groups in total. The van der Waals surface area contributed by atoms with Crippen LogP contribution in [0.1, 0.15) is 50.9 Å². The molecular formula is C79H77FN8O12S. The number of nitrogens with zero attached hydrogens (tertiary/aromatic N) is 7. The lowest BCUT2D eigenvalue weighted by Gasteiger charge is -2.14. The van der Waals surface area contributed by atoms with E-state index in [4.69, 9.17) is 32.9 Å². The zero-order chi connectivity index (χ0) is 71.6. The van der Waals surface area contributed by atoms with Crippen LogP contribution in [0.4, 0.5) is 4.39 Å². The number of carbonyl (C=O) groups excluding carboxylic acids is 1. The van der Waals surface area contributed by atoms with Crippen LogP contribution < -0.4 is 5.32 Å². The van der Waals surface area contributed by atoms with Crippen molar-refractivity contribution in [1.29, 1.82) is 0 Å². The third kappa shape index (κ3) is 18.9. The van der Waals surface area contributed by atoms with Crippen LogP contribution in [-0.2, 0) is 71.3 Å². The number of rotatable bonds is 25. The van der Waals surface area contributed by atoms with Gasteiger partial charge in [-0.15, -0.1) is 0 Å². The number of carbonyl (C=O) groups is 2. The SMILES string of the molecule is COCc1cc(-c2nc(-c3ccc(F)c(CN(C)CC(=O)O)c3)no2)ccc1-c1ccccc1C.COCc1cc(-c2nc(-c3cccc(CNCCC(=O)OC)c3)no2)ccc1-c1ccccc1C.COCc1cc(-c2nc(-c3cccc(S(C)(=O)=O)c3)no2)ccc1-c1ccccc1C. The fraction of sp³-hybridized carbons (Fsp3) is 0.215. The van der Waals surface area contributed by atoms with Crippen LogP contribution in [0, 0.1) is 26.6 Å². The maximum atomic E-state index is 14.3. The van der Waals surface area contributed by atoms with Gasteiger partial charge in [0, 0.05) is 86.2 Å². The molecule has 12 rings (SSSR count). The Labute approximate surface area is 585 Å². The molecule has 0 saturated heterocycles. The van der Waals surface area contributed by atoms with Gasteiger partial charge in [0.2, 0.25) is 17.5 Å². The first-order valence-corrected chi connectivity index (χ1v) is 34.1. The maximum absolute atomic E-state index is 14.3. The van der Waals surface area contributed by atoms with E-state index in [2.05, 4.69) is 104 Å². The van der Waals surface area contributed by atoms with Gasteiger partial charge in [-0.1, -0.05) is 137 Å². The van der Waals surface area contributed by atoms with Crippen molar-refractivity contribution in [3.05, 3.63) is 244 Å². The number of carboxylic acid groups (broad SMARTS) is 1. The Morgan fingerprint density at radius 3 is 1.32 bits per heavy atom. The van der Waals surface area contributed by atoms with Crippen molar-refractivity contribution >= 4 is 21.8 Å². The Bertz CT molecular complexity index is 4970. The topological polar surface area (TPSA) is 257 Å². The summed E-state index contributed by atoms with van der Waals surface area (Å²) in [5.74, 6) is 0.680. The maximum Gasteiger partial charge on any atom is 0.317 e. The third-order valence-electron chi connectivity index (χ3n) is 16.5. The van der Waals surface area contributed by atoms with Gasteiger partial charge in [-0.05, 0) is 173 Å². The monoisotopic (exact) mass is 1380 g/mol. The van der Waals surface area contributed by atoms with Gasteiger partial charge in [-0.2, -0.15) is 15.0 Å². The van der Waals surface area contributed by atoms with Crippen LogP contribution in [0.2, 0.25) is 0 Å². The van der Waals surface area contributed by atoms with Crippen LogP contribution in [-0.4, -0.2) is 116 Å². The number of methoxy groups -OCH3 is 4. The van der Waals surface area contributed by atoms with Gasteiger partial charge in [-0.25, -0.2) is 12.8 Å². The number of likely N-dealkylation sites (N-methyl/N-ethyl adjacent to an activating group) is 1. The molecule has 3 heterocycles. The minimum atomic E-state index is -3.33. The second-order valence-corrected chi connectivity index (χ2v) is 26.0. The summed E-state index contributed by atoms with van der Waals surface area (Å²) in [4.78, 5) is 37.5. The first-order valence-electron chi connectivity index (χ1n) is 32.2. The number of carboxylic acids is 1. The highest BCUT2D eigenvalue weighted by Gasteiger charge is 2.21. The molecule has 0 aliphatic heterocycles. The zero-order valence-electron chi connectivity index (χ0n) is 57.5. The van der Waals surface area contributed by atoms with E-state index in [0.717, 1.165) is 72.3 Å². The lowest BCUT2D eigenvalue weighted by Crippen LogP contribution is -2.25. The first kappa shape index (κ1) is 72.8. The van der Waals surface area contributed by atoms with Crippen molar-refractivity contribution in [1.82, 2.24) is 40.6 Å². The van der Waals surface area contributed by atoms with E-state index < -0.39 is 21.6 Å². The molecule has 0 spiro atoms. The van der Waals surface area contributed by atoms with Crippen LogP contribution in [0.3, 0.4) is 0 Å². The molecule has 0 unspecified atom stereocenters. The minimum Gasteiger partial charge on any atom is -0.480 e. The summed E-state index contributed by atoms with van der Waals surface area (Å²) < 4.78 is 75.6. The van der Waals surface area contributed by atoms with Gasteiger partial charge in [0.05, 0.1) is 44.8 Å². The van der Waals surface area contributed by atoms with Gasteiger partial charge in [0.15, 0.2) is 9.84 Å². The minimum absolute atomic E-state index is 0.136. The van der Waals surface area contributed by atoms with Gasteiger partial charge in [0.25, 0.3) is 17.7 Å². The van der Waals surface area contributed by atoms with Crippen molar-refractivity contribution < 1.29 is 60.0 Å². The predicted molar refractivity (Wildman–Crippen MR) is 384 cm³/mol. The highest BCUT2D eigenvalue weighted by atomic mass is 32.2. The summed E-state index contributed by atoms with van der Waals surface area (Å²) in [6.07, 6.45) is 1.50. The summed E-state index contributed by atoms with van der Waals surface area (Å²) >= 11 is 0. The number of benzene rings is 9. The number of hydrogen-bond donors (Lipinski definition) is 2. The van der Waals surface area contributed by atoms with Crippen molar-refractivity contribution in [3.63, 3.8) is 0 Å². The molecule has 0 bridgehead atoms. The molecule has 101 heavy (non-hydrogen) atoms. The van der Waals surface area contributed by atoms with Gasteiger partial charge in [0.1, 0.15) is 5.82 Å². The normalized spacial score (nSPS) is 11.2. The van der Waals surface area contributed by atoms with E-state index in [1.807, 2.05) is 109 Å². The van der Waals surface area contributed by atoms with E-state index in [1.54, 1.807) is 64.8 Å². The number of hydrogen-bond acceptors (Lipinski definition) is 19. The fourth-order valence-electron chi connectivity index (χ4n) is 11.4. The number of aryl methyl sites for hydroxylation is 3. The zero-order valence-corrected chi connectivity index (χ0v) is 58.3. The van der Waals surface area contributed by atoms with Crippen LogP contribution in [0.5, 0.6) is 0 Å². The summed E-state index contributed by atoms with van der Waals surface area (Å²) in [5.41, 5.74) is 19.1. The molecule has 0 fully saturated rings. The Kier molecular flexibility index (Phi) is 24.6. The number of sulfone groups is 1. The second kappa shape index (κ2) is 34.2. The number of esters is 1. The Hall–Kier alpha value is -11.0. The fourth-order valence-corrected chi connectivity index (χ4v) is 12.1. The van der Waals surface area contributed by atoms with E-state index in [0.29, 0.717) is 91.2 Å². The Balaban J connectivity index is 0.000000164. The molecule has 20 nitrogen and oxygen atoms in total. The summed E-state index contributed by atoms with van der Waals surface area (Å²) in [6, 6.07) is 61.6. The van der Waals surface area contributed by atoms with Gasteiger partial charge < -0.3 is 42.9 Å². The average Bonchev–Trinajstić information content (AvgIpc) is 1.79. The van der Waals surface area contributed by atoms with E-state index in [-0.39, 0.29) is 24.0 Å². The second-order valence-electron chi connectivity index (χ2n) is 24.0. The highest BCUT2D eigenvalue weighted by molar-refractivity contribution is 7.90. The van der Waals surface area contributed by atoms with Crippen molar-refractivity contribution in [2.75, 3.05) is 54.8 Å². The molecule has 3 aromatic heterocycles. The molecule has 12 aromatic rings. The number of aromatic nitrogens is 6. The number of ether oxygens (including phenoxy) is 4. The summed E-state index contributed by atoms with van der Waals surface area (Å²) in [5, 5.41) is 24.5. The molecule has 0 atom stereocenters. The number of nitrogens with one attached hydrogen (secondary N) is 1. The first-order chi connectivity index (χ1) is 48.8. The van der Waals surface area contributed by atoms with E-state index in [1.165, 1.54) is 46.6 Å². The van der Waals surface area contributed by atoms with Crippen LogP contribution in [0.15, 0.2) is 213 Å². The molecule has 0 saturated carbocycles. The molecule has 22 heteroatoms. The van der Waals surface area contributed by atoms with Crippen molar-refractivity contribution in [3.8, 4) is 102 Å². The van der Waals surface area contributed by atoms with Gasteiger partial charge in [-0.3, -0.25) is 14.5 Å². The van der Waals surface area contributed by atoms with Crippen molar-refractivity contribution in [2.24, 2.45) is 0 Å². The van der Waals surface area contributed by atoms with Gasteiger partial charge >= 0.3 is 11.9 Å². The standard InChI is InChI=1S/C28H29N3O4.C27H26FN3O4.C24H22N2O4S/c1-19-7-4-5-10-24(19)25-12-11-22(16-23(25)18-33-2)28-30-27(31-35-28)21-9-6-8-20(15-21)17-29-14-13-26(32)34-3;1-17-6-4-5-7-22(17)23-10-8-19(13-21(23)16-34-3)27-29-26(30-35-27)18-9-11-24(28)20(12-18)14-31(2)15-25(32)33;1-16-7-4-5-10-21(16)22-12-11-18(13-19(22)15-29-2)24-25-23(26-30-24)17-8-6-9-20(14-17)31(3,27)28/h4-12,15-16,29H,13-14,17-18H2,1-3H3;4-13H,14-16H2,1-3H3,(H,32,33);4-14H,15H2,1-3H3. The summed E-state index contributed by atoms with van der Waals surface area (Å²) in [7, 11) is 4.68. The predicted octanol–water partition coefficient (Wildman–Crippen LogP) is 15.3. The lowest BCUT2D eigenvalue weighted by atomic mass is 9.94. The summed E-state index contributed by atoms with van der Waals surface area (Å²) in [6.45, 7) is 8.70. The highest BCUT2D eigenvalue weighted by Crippen LogP contribution is 2.36. The van der Waals surface area contributed by atoms with E-state index >= 15 is 0 Å². The smallest absolute Gasteiger partial charge is 0.317 e. The quantitative estimate of drug-likeness (QED) is 0.0398. The number of aliphatic carboxylic acids is 1. The molecule has 0 amide bonds. The largest absolute Gasteiger partial charge is 0.480 e. The van der Waals surface area contributed by atoms with E-state index in [9.17, 15) is 22.4 Å². The van der Waals surface area contributed by atoms with Crippen LogP contribution >= 0.6 is 0 Å². The molecule has 518 valence electrons. The molecule has 9 aromatic carbocycles. The molecule has 0 aliphatic carbocycles.